The molecule has 5 nitrogen and oxygen atoms in total. The van der Waals surface area contributed by atoms with Gasteiger partial charge >= 0.3 is 0 Å². The van der Waals surface area contributed by atoms with E-state index in [0.717, 1.165) is 29.0 Å². The molecule has 0 fully saturated rings. The number of nitrogens with zero attached hydrogens (tertiary/aromatic N) is 4. The molecular formula is C25H28N4O. The Morgan fingerprint density at radius 2 is 1.70 bits per heavy atom. The Hall–Kier alpha value is -3.21. The lowest BCUT2D eigenvalue weighted by atomic mass is 9.93. The number of carbonyl (C=O) groups is 1. The minimum absolute atomic E-state index is 0.101. The van der Waals surface area contributed by atoms with Crippen LogP contribution in [0, 0.1) is 20.8 Å². The molecule has 0 bridgehead atoms. The maximum Gasteiger partial charge on any atom is 0.277 e. The van der Waals surface area contributed by atoms with Crippen LogP contribution in [0.5, 0.6) is 0 Å². The third-order valence-corrected chi connectivity index (χ3v) is 5.51. The molecule has 2 heterocycles. The summed E-state index contributed by atoms with van der Waals surface area (Å²) in [6, 6.07) is 16.6. The molecule has 154 valence electrons. The first-order chi connectivity index (χ1) is 14.2. The molecule has 1 amide bonds. The molecule has 1 aromatic heterocycles. The van der Waals surface area contributed by atoms with Crippen molar-refractivity contribution < 1.29 is 4.79 Å². The standard InChI is InChI=1S/C25H28N4O/c1-17-11-18(2)13-21(12-17)23-14-25(4,5)29(27-23)24(30)22-16-28(26-19(22)3)15-20-9-7-6-8-10-20/h6-13,16H,14-15H2,1-5H3. The van der Waals surface area contributed by atoms with Crippen LogP contribution in [-0.2, 0) is 6.54 Å². The monoisotopic (exact) mass is 400 g/mol. The topological polar surface area (TPSA) is 50.5 Å². The van der Waals surface area contributed by atoms with Crippen LogP contribution >= 0.6 is 0 Å². The number of hydrogen-bond acceptors (Lipinski definition) is 3. The van der Waals surface area contributed by atoms with Crippen molar-refractivity contribution in [2.24, 2.45) is 5.10 Å². The van der Waals surface area contributed by atoms with Crippen LogP contribution in [0.3, 0.4) is 0 Å². The van der Waals surface area contributed by atoms with Gasteiger partial charge in [-0.3, -0.25) is 9.48 Å². The normalized spacial score (nSPS) is 15.4. The van der Waals surface area contributed by atoms with Crippen molar-refractivity contribution in [1.29, 1.82) is 0 Å². The first-order valence-corrected chi connectivity index (χ1v) is 10.3. The number of hydrogen-bond donors (Lipinski definition) is 0. The minimum atomic E-state index is -0.391. The molecule has 30 heavy (non-hydrogen) atoms. The smallest absolute Gasteiger partial charge is 0.267 e. The van der Waals surface area contributed by atoms with E-state index >= 15 is 0 Å². The van der Waals surface area contributed by atoms with Crippen molar-refractivity contribution in [3.63, 3.8) is 0 Å². The van der Waals surface area contributed by atoms with E-state index in [2.05, 4.69) is 63.1 Å². The van der Waals surface area contributed by atoms with E-state index in [1.54, 1.807) is 5.01 Å². The van der Waals surface area contributed by atoms with E-state index < -0.39 is 5.54 Å². The lowest BCUT2D eigenvalue weighted by Crippen LogP contribution is -2.41. The van der Waals surface area contributed by atoms with E-state index in [1.807, 2.05) is 36.0 Å². The zero-order valence-electron chi connectivity index (χ0n) is 18.3. The predicted molar refractivity (Wildman–Crippen MR) is 120 cm³/mol. The average molecular weight is 401 g/mol. The Bertz CT molecular complexity index is 1110. The van der Waals surface area contributed by atoms with Crippen LogP contribution in [0.15, 0.2) is 59.8 Å². The van der Waals surface area contributed by atoms with Gasteiger partial charge in [-0.05, 0) is 45.7 Å². The summed E-state index contributed by atoms with van der Waals surface area (Å²) in [5.74, 6) is -0.101. The lowest BCUT2D eigenvalue weighted by Gasteiger charge is -2.28. The van der Waals surface area contributed by atoms with Crippen LogP contribution in [0.25, 0.3) is 0 Å². The Balaban J connectivity index is 1.63. The highest BCUT2D eigenvalue weighted by Gasteiger charge is 2.39. The molecule has 1 aliphatic rings. The molecule has 1 aliphatic heterocycles. The van der Waals surface area contributed by atoms with Gasteiger partial charge in [-0.25, -0.2) is 5.01 Å². The second-order valence-corrected chi connectivity index (χ2v) is 8.84. The number of carbonyl (C=O) groups excluding carboxylic acids is 1. The molecule has 0 saturated heterocycles. The van der Waals surface area contributed by atoms with Gasteiger partial charge < -0.3 is 0 Å². The lowest BCUT2D eigenvalue weighted by molar-refractivity contribution is 0.0611. The fourth-order valence-electron chi connectivity index (χ4n) is 4.09. The summed E-state index contributed by atoms with van der Waals surface area (Å²) in [5, 5.41) is 11.0. The molecule has 0 spiro atoms. The third kappa shape index (κ3) is 3.92. The van der Waals surface area contributed by atoms with E-state index in [9.17, 15) is 4.79 Å². The highest BCUT2D eigenvalue weighted by atomic mass is 16.2. The van der Waals surface area contributed by atoms with Crippen molar-refractivity contribution in [1.82, 2.24) is 14.8 Å². The number of hydrazone groups is 1. The minimum Gasteiger partial charge on any atom is -0.267 e. The second kappa shape index (κ2) is 7.56. The molecule has 0 aliphatic carbocycles. The number of amides is 1. The zero-order valence-corrected chi connectivity index (χ0v) is 18.3. The van der Waals surface area contributed by atoms with Gasteiger partial charge in [0.1, 0.15) is 0 Å². The molecule has 4 rings (SSSR count). The van der Waals surface area contributed by atoms with Gasteiger partial charge in [-0.15, -0.1) is 0 Å². The largest absolute Gasteiger partial charge is 0.277 e. The number of rotatable bonds is 4. The Kier molecular flexibility index (Phi) is 5.06. The molecule has 0 N–H and O–H groups in total. The second-order valence-electron chi connectivity index (χ2n) is 8.84. The number of benzene rings is 2. The summed E-state index contributed by atoms with van der Waals surface area (Å²) in [6.07, 6.45) is 2.56. The Morgan fingerprint density at radius 3 is 2.37 bits per heavy atom. The summed E-state index contributed by atoms with van der Waals surface area (Å²) in [7, 11) is 0. The molecule has 0 saturated carbocycles. The van der Waals surface area contributed by atoms with E-state index in [0.29, 0.717) is 12.1 Å². The summed E-state index contributed by atoms with van der Waals surface area (Å²) < 4.78 is 1.83. The van der Waals surface area contributed by atoms with Gasteiger partial charge in [0.2, 0.25) is 0 Å². The fraction of sp³-hybridized carbons (Fsp3) is 0.320. The maximum absolute atomic E-state index is 13.4. The fourth-order valence-corrected chi connectivity index (χ4v) is 4.09. The van der Waals surface area contributed by atoms with E-state index in [4.69, 9.17) is 5.10 Å². The van der Waals surface area contributed by atoms with E-state index in [1.165, 1.54) is 11.1 Å². The van der Waals surface area contributed by atoms with Crippen LogP contribution < -0.4 is 0 Å². The Labute approximate surface area is 178 Å². The van der Waals surface area contributed by atoms with Gasteiger partial charge in [0.15, 0.2) is 0 Å². The van der Waals surface area contributed by atoms with Crippen molar-refractivity contribution in [3.8, 4) is 0 Å². The van der Waals surface area contributed by atoms with Gasteiger partial charge in [0, 0.05) is 12.6 Å². The summed E-state index contributed by atoms with van der Waals surface area (Å²) in [4.78, 5) is 13.4. The van der Waals surface area contributed by atoms with Crippen LogP contribution in [0.2, 0.25) is 0 Å². The van der Waals surface area contributed by atoms with Gasteiger partial charge in [0.25, 0.3) is 5.91 Å². The molecule has 0 radical (unpaired) electrons. The first kappa shape index (κ1) is 20.1. The average Bonchev–Trinajstić information content (AvgIpc) is 3.20. The zero-order chi connectivity index (χ0) is 21.5. The SMILES string of the molecule is Cc1cc(C)cc(C2=NN(C(=O)c3cn(Cc4ccccc4)nc3C)C(C)(C)C2)c1. The van der Waals surface area contributed by atoms with Crippen molar-refractivity contribution in [2.75, 3.05) is 0 Å². The predicted octanol–water partition coefficient (Wildman–Crippen LogP) is 4.89. The summed E-state index contributed by atoms with van der Waals surface area (Å²) in [5.41, 5.74) is 6.53. The van der Waals surface area contributed by atoms with Crippen molar-refractivity contribution in [2.45, 2.75) is 53.1 Å². The van der Waals surface area contributed by atoms with E-state index in [-0.39, 0.29) is 5.91 Å². The molecule has 2 aromatic carbocycles. The Morgan fingerprint density at radius 1 is 1.03 bits per heavy atom. The summed E-state index contributed by atoms with van der Waals surface area (Å²) >= 11 is 0. The number of aryl methyl sites for hydroxylation is 3. The van der Waals surface area contributed by atoms with Crippen LogP contribution in [0.1, 0.15) is 58.6 Å². The van der Waals surface area contributed by atoms with Crippen molar-refractivity contribution in [3.05, 3.63) is 88.2 Å². The quantitative estimate of drug-likeness (QED) is 0.626. The molecular weight excluding hydrogens is 372 g/mol. The molecule has 0 unspecified atom stereocenters. The molecule has 3 aromatic rings. The van der Waals surface area contributed by atoms with Gasteiger partial charge in [-0.2, -0.15) is 10.2 Å². The van der Waals surface area contributed by atoms with Crippen LogP contribution in [-0.4, -0.2) is 31.9 Å². The number of aromatic nitrogens is 2. The molecule has 5 heteroatoms. The third-order valence-electron chi connectivity index (χ3n) is 5.51. The van der Waals surface area contributed by atoms with Crippen molar-refractivity contribution >= 4 is 11.6 Å². The highest BCUT2D eigenvalue weighted by Crippen LogP contribution is 2.32. The summed E-state index contributed by atoms with van der Waals surface area (Å²) in [6.45, 7) is 10.8. The van der Waals surface area contributed by atoms with Crippen LogP contribution in [0.4, 0.5) is 0 Å². The van der Waals surface area contributed by atoms with Gasteiger partial charge in [0.05, 0.1) is 29.1 Å². The van der Waals surface area contributed by atoms with Gasteiger partial charge in [-0.1, -0.05) is 59.7 Å². The first-order valence-electron chi connectivity index (χ1n) is 10.3. The molecule has 0 atom stereocenters. The highest BCUT2D eigenvalue weighted by molar-refractivity contribution is 6.05. The maximum atomic E-state index is 13.4.